The van der Waals surface area contributed by atoms with Crippen LogP contribution in [0.4, 0.5) is 23.3 Å². The Balaban J connectivity index is 0.00000245. The van der Waals surface area contributed by atoms with Gasteiger partial charge in [0.15, 0.2) is 11.6 Å². The van der Waals surface area contributed by atoms with E-state index in [1.165, 1.54) is 12.8 Å². The molecule has 1 aliphatic carbocycles. The third-order valence-corrected chi connectivity index (χ3v) is 5.96. The van der Waals surface area contributed by atoms with Crippen LogP contribution in [0.3, 0.4) is 0 Å². The number of benzene rings is 1. The van der Waals surface area contributed by atoms with E-state index in [1.807, 2.05) is 18.2 Å². The molecule has 168 valence electrons. The molecule has 1 aromatic carbocycles. The number of hydrogen-bond donors (Lipinski definition) is 5. The summed E-state index contributed by atoms with van der Waals surface area (Å²) in [5.41, 5.74) is 2.48. The van der Waals surface area contributed by atoms with Gasteiger partial charge in [-0.25, -0.2) is 4.98 Å². The Bertz CT molecular complexity index is 1090. The van der Waals surface area contributed by atoms with Crippen LogP contribution in [-0.4, -0.2) is 45.2 Å². The van der Waals surface area contributed by atoms with E-state index in [-0.39, 0.29) is 19.4 Å². The zero-order valence-corrected chi connectivity index (χ0v) is 18.4. The monoisotopic (exact) mass is 498 g/mol. The van der Waals surface area contributed by atoms with Crippen molar-refractivity contribution >= 4 is 45.1 Å². The van der Waals surface area contributed by atoms with Gasteiger partial charge in [0, 0.05) is 47.7 Å². The van der Waals surface area contributed by atoms with Crippen LogP contribution in [0.2, 0.25) is 0 Å². The van der Waals surface area contributed by atoms with Crippen molar-refractivity contribution in [2.24, 2.45) is 0 Å². The molecule has 10 heteroatoms. The number of H-pyrrole nitrogens is 1. The Morgan fingerprint density at radius 3 is 2.81 bits per heavy atom. The summed E-state index contributed by atoms with van der Waals surface area (Å²) in [6.45, 7) is 1.74. The number of halogens is 1. The smallest absolute Gasteiger partial charge is 0.251 e. The highest BCUT2D eigenvalue weighted by Crippen LogP contribution is 2.39. The van der Waals surface area contributed by atoms with Crippen molar-refractivity contribution in [3.8, 4) is 0 Å². The van der Waals surface area contributed by atoms with Crippen LogP contribution in [-0.2, 0) is 0 Å². The first-order chi connectivity index (χ1) is 15.1. The first kappa shape index (κ1) is 22.2. The average molecular weight is 499 g/mol. The molecule has 3 aromatic rings. The highest BCUT2D eigenvalue weighted by molar-refractivity contribution is 9.10. The van der Waals surface area contributed by atoms with Gasteiger partial charge >= 0.3 is 0 Å². The largest absolute Gasteiger partial charge is 0.348 e. The van der Waals surface area contributed by atoms with Crippen molar-refractivity contribution in [2.45, 2.75) is 38.6 Å². The summed E-state index contributed by atoms with van der Waals surface area (Å²) in [6, 6.07) is 9.50. The molecule has 0 unspecified atom stereocenters. The van der Waals surface area contributed by atoms with Crippen LogP contribution in [0.5, 0.6) is 0 Å². The number of carbonyl (C=O) groups excluding carboxylic acids is 1. The summed E-state index contributed by atoms with van der Waals surface area (Å²) in [5, 5.41) is 20.1. The van der Waals surface area contributed by atoms with E-state index in [0.29, 0.717) is 29.1 Å². The lowest BCUT2D eigenvalue weighted by molar-refractivity contribution is 0.0940. The highest BCUT2D eigenvalue weighted by Gasteiger charge is 2.25. The Morgan fingerprint density at radius 1 is 1.16 bits per heavy atom. The van der Waals surface area contributed by atoms with Gasteiger partial charge in [-0.15, -0.1) is 0 Å². The molecule has 0 bridgehead atoms. The van der Waals surface area contributed by atoms with Gasteiger partial charge < -0.3 is 21.3 Å². The predicted molar refractivity (Wildman–Crippen MR) is 129 cm³/mol. The fraction of sp³-hybridized carbons (Fsp3) is 0.364. The number of carbonyl (C=O) groups is 1. The number of nitrogens with one attached hydrogen (secondary N) is 5. The van der Waals surface area contributed by atoms with Crippen LogP contribution >= 0.6 is 15.9 Å². The Kier molecular flexibility index (Phi) is 6.71. The summed E-state index contributed by atoms with van der Waals surface area (Å²) in [7, 11) is 0. The van der Waals surface area contributed by atoms with Gasteiger partial charge in [-0.05, 0) is 59.9 Å². The van der Waals surface area contributed by atoms with Gasteiger partial charge in [0.05, 0.1) is 4.47 Å². The third kappa shape index (κ3) is 5.25. The molecule has 5 N–H and O–H groups in total. The summed E-state index contributed by atoms with van der Waals surface area (Å²) in [6.07, 6.45) is 5.04. The van der Waals surface area contributed by atoms with E-state index in [0.717, 1.165) is 35.4 Å². The van der Waals surface area contributed by atoms with E-state index in [9.17, 15) is 4.79 Å². The van der Waals surface area contributed by atoms with Crippen molar-refractivity contribution in [3.63, 3.8) is 0 Å². The van der Waals surface area contributed by atoms with Crippen LogP contribution < -0.4 is 21.3 Å². The minimum absolute atomic E-state index is 0. The molecule has 0 spiro atoms. The van der Waals surface area contributed by atoms with Gasteiger partial charge in [0.25, 0.3) is 5.91 Å². The van der Waals surface area contributed by atoms with Gasteiger partial charge in [0.1, 0.15) is 0 Å². The maximum atomic E-state index is 12.5. The summed E-state index contributed by atoms with van der Waals surface area (Å²) >= 11 is 3.48. The fourth-order valence-corrected chi connectivity index (χ4v) is 3.84. The minimum Gasteiger partial charge on any atom is -0.348 e. The lowest BCUT2D eigenvalue weighted by Crippen LogP contribution is -2.36. The van der Waals surface area contributed by atoms with Crippen molar-refractivity contribution in [1.82, 2.24) is 30.8 Å². The normalized spacial score (nSPS) is 17.5. The van der Waals surface area contributed by atoms with Crippen molar-refractivity contribution < 1.29 is 4.79 Å². The molecule has 2 aromatic heterocycles. The number of aromatic amines is 1. The second-order valence-corrected chi connectivity index (χ2v) is 8.72. The molecule has 1 atom stereocenters. The van der Waals surface area contributed by atoms with E-state index in [1.54, 1.807) is 18.3 Å². The van der Waals surface area contributed by atoms with Crippen LogP contribution in [0.25, 0.3) is 0 Å². The number of rotatable bonds is 7. The SMILES string of the molecule is C.O=C(N[C@H]1CCNC1)c1cccc(Nc2ncc(Br)c(Nc3cc(C4CC4)[nH]n3)n2)c1. The van der Waals surface area contributed by atoms with Crippen molar-refractivity contribution in [3.05, 3.63) is 52.3 Å². The van der Waals surface area contributed by atoms with Gasteiger partial charge in [0.2, 0.25) is 5.95 Å². The Hall–Kier alpha value is -2.98. The Labute approximate surface area is 195 Å². The Morgan fingerprint density at radius 2 is 2.03 bits per heavy atom. The first-order valence-electron chi connectivity index (χ1n) is 10.4. The standard InChI is InChI=1S/C21H23BrN8O.CH4/c22-16-11-24-21(28-19(16)27-18-9-17(29-30-18)12-4-5-12)26-14-3-1-2-13(8-14)20(31)25-15-6-7-23-10-15;/h1-3,8-9,11-12,15,23H,4-7,10H2,(H,25,31)(H3,24,26,27,28,29,30);1H4/t15-;/m0./s1. The summed E-state index contributed by atoms with van der Waals surface area (Å²) in [5.74, 6) is 2.26. The number of aromatic nitrogens is 4. The lowest BCUT2D eigenvalue weighted by atomic mass is 10.1. The number of amides is 1. The van der Waals surface area contributed by atoms with E-state index >= 15 is 0 Å². The molecule has 32 heavy (non-hydrogen) atoms. The average Bonchev–Trinajstić information content (AvgIpc) is 3.29. The maximum Gasteiger partial charge on any atom is 0.251 e. The minimum atomic E-state index is -0.0820. The quantitative estimate of drug-likeness (QED) is 0.333. The highest BCUT2D eigenvalue weighted by atomic mass is 79.9. The maximum absolute atomic E-state index is 12.5. The molecule has 2 fully saturated rings. The third-order valence-electron chi connectivity index (χ3n) is 5.38. The van der Waals surface area contributed by atoms with Gasteiger partial charge in [-0.2, -0.15) is 10.1 Å². The zero-order chi connectivity index (χ0) is 21.2. The molecule has 9 nitrogen and oxygen atoms in total. The van der Waals surface area contributed by atoms with Gasteiger partial charge in [-0.3, -0.25) is 9.89 Å². The number of hydrogen-bond acceptors (Lipinski definition) is 7. The molecule has 1 saturated heterocycles. The molecule has 2 aliphatic rings. The molecule has 1 amide bonds. The molecule has 0 radical (unpaired) electrons. The number of anilines is 4. The second-order valence-electron chi connectivity index (χ2n) is 7.87. The van der Waals surface area contributed by atoms with Crippen LogP contribution in [0.15, 0.2) is 41.0 Å². The zero-order valence-electron chi connectivity index (χ0n) is 16.8. The molecule has 5 rings (SSSR count). The van der Waals surface area contributed by atoms with Gasteiger partial charge in [-0.1, -0.05) is 13.5 Å². The molecular formula is C22H27BrN8O. The summed E-state index contributed by atoms with van der Waals surface area (Å²) in [4.78, 5) is 21.4. The molecule has 1 saturated carbocycles. The van der Waals surface area contributed by atoms with E-state index < -0.39 is 0 Å². The predicted octanol–water partition coefficient (Wildman–Crippen LogP) is 4.05. The first-order valence-corrected chi connectivity index (χ1v) is 11.2. The van der Waals surface area contributed by atoms with E-state index in [2.05, 4.69) is 57.4 Å². The molecule has 3 heterocycles. The fourth-order valence-electron chi connectivity index (χ4n) is 3.55. The van der Waals surface area contributed by atoms with Crippen LogP contribution in [0.1, 0.15) is 48.7 Å². The number of nitrogens with zero attached hydrogens (tertiary/aromatic N) is 3. The summed E-state index contributed by atoms with van der Waals surface area (Å²) < 4.78 is 0.729. The topological polar surface area (TPSA) is 120 Å². The van der Waals surface area contributed by atoms with Crippen molar-refractivity contribution in [1.29, 1.82) is 0 Å². The molecule has 1 aliphatic heterocycles. The molecular weight excluding hydrogens is 472 g/mol. The van der Waals surface area contributed by atoms with Crippen LogP contribution in [0, 0.1) is 0 Å². The van der Waals surface area contributed by atoms with E-state index in [4.69, 9.17) is 0 Å². The second kappa shape index (κ2) is 9.66. The lowest BCUT2D eigenvalue weighted by Gasteiger charge is -2.12. The van der Waals surface area contributed by atoms with Crippen molar-refractivity contribution in [2.75, 3.05) is 23.7 Å².